The number of rotatable bonds is 5. The molecule has 2 aromatic rings. The van der Waals surface area contributed by atoms with Crippen LogP contribution in [0, 0.1) is 16.0 Å². The topological polar surface area (TPSA) is 76.5 Å². The molecule has 0 radical (unpaired) electrons. The van der Waals surface area contributed by atoms with Gasteiger partial charge in [0, 0.05) is 0 Å². The smallest absolute Gasteiger partial charge is 0.403 e. The number of furan rings is 1. The maximum Gasteiger partial charge on any atom is 0.433 e. The first-order valence-corrected chi connectivity index (χ1v) is 6.48. The average Bonchev–Trinajstić information content (AvgIpc) is 2.88. The Bertz CT molecular complexity index is 586. The number of nitro groups is 1. The molecule has 106 valence electrons. The molecule has 1 atom stereocenters. The van der Waals surface area contributed by atoms with E-state index in [1.165, 1.54) is 17.7 Å². The van der Waals surface area contributed by atoms with Crippen molar-refractivity contribution in [1.29, 1.82) is 0 Å². The number of aliphatic hydroxyl groups is 1. The third-order valence-electron chi connectivity index (χ3n) is 3.00. The van der Waals surface area contributed by atoms with Crippen LogP contribution in [0.1, 0.15) is 36.8 Å². The van der Waals surface area contributed by atoms with Gasteiger partial charge in [0.25, 0.3) is 0 Å². The van der Waals surface area contributed by atoms with E-state index < -0.39 is 11.0 Å². The SMILES string of the molecule is CC(C)Cc1ccc(C(O)c2ccc([N+](=O)[O-])o2)cc1. The lowest BCUT2D eigenvalue weighted by Crippen LogP contribution is -1.99. The monoisotopic (exact) mass is 275 g/mol. The summed E-state index contributed by atoms with van der Waals surface area (Å²) >= 11 is 0. The van der Waals surface area contributed by atoms with Crippen LogP contribution in [0.2, 0.25) is 0 Å². The normalized spacial score (nSPS) is 12.6. The molecule has 1 aromatic carbocycles. The average molecular weight is 275 g/mol. The van der Waals surface area contributed by atoms with Crippen molar-refractivity contribution >= 4 is 5.88 Å². The van der Waals surface area contributed by atoms with Crippen molar-refractivity contribution in [2.24, 2.45) is 5.92 Å². The molecule has 20 heavy (non-hydrogen) atoms. The van der Waals surface area contributed by atoms with Crippen molar-refractivity contribution in [3.63, 3.8) is 0 Å². The second-order valence-electron chi connectivity index (χ2n) is 5.18. The highest BCUT2D eigenvalue weighted by Gasteiger charge is 2.19. The molecule has 0 spiro atoms. The highest BCUT2D eigenvalue weighted by molar-refractivity contribution is 5.30. The number of nitrogens with zero attached hydrogens (tertiary/aromatic N) is 1. The predicted molar refractivity (Wildman–Crippen MR) is 74.4 cm³/mol. The van der Waals surface area contributed by atoms with Gasteiger partial charge in [-0.2, -0.15) is 0 Å². The van der Waals surface area contributed by atoms with Crippen molar-refractivity contribution in [2.45, 2.75) is 26.4 Å². The molecule has 5 heteroatoms. The molecule has 0 aliphatic carbocycles. The molecule has 1 heterocycles. The van der Waals surface area contributed by atoms with E-state index in [-0.39, 0.29) is 11.6 Å². The molecular weight excluding hydrogens is 258 g/mol. The number of hydrogen-bond acceptors (Lipinski definition) is 4. The molecule has 5 nitrogen and oxygen atoms in total. The van der Waals surface area contributed by atoms with Crippen molar-refractivity contribution in [1.82, 2.24) is 0 Å². The fraction of sp³-hybridized carbons (Fsp3) is 0.333. The summed E-state index contributed by atoms with van der Waals surface area (Å²) in [5.41, 5.74) is 1.85. The van der Waals surface area contributed by atoms with Crippen molar-refractivity contribution in [2.75, 3.05) is 0 Å². The first-order chi connectivity index (χ1) is 9.47. The third kappa shape index (κ3) is 3.24. The highest BCUT2D eigenvalue weighted by atomic mass is 16.6. The van der Waals surface area contributed by atoms with E-state index in [1.54, 1.807) is 0 Å². The van der Waals surface area contributed by atoms with E-state index in [4.69, 9.17) is 4.42 Å². The molecule has 0 aliphatic rings. The Kier molecular flexibility index (Phi) is 4.20. The molecule has 0 fully saturated rings. The molecule has 0 bridgehead atoms. The lowest BCUT2D eigenvalue weighted by molar-refractivity contribution is -0.402. The summed E-state index contributed by atoms with van der Waals surface area (Å²) in [6, 6.07) is 10.2. The molecule has 0 saturated heterocycles. The minimum atomic E-state index is -0.989. The number of aliphatic hydroxyl groups excluding tert-OH is 1. The molecule has 0 saturated carbocycles. The van der Waals surface area contributed by atoms with E-state index in [2.05, 4.69) is 13.8 Å². The molecule has 0 amide bonds. The largest absolute Gasteiger partial charge is 0.433 e. The molecule has 1 unspecified atom stereocenters. The Morgan fingerprint density at radius 2 is 1.85 bits per heavy atom. The first-order valence-electron chi connectivity index (χ1n) is 6.48. The molecule has 0 aliphatic heterocycles. The van der Waals surface area contributed by atoms with Crippen LogP contribution >= 0.6 is 0 Å². The van der Waals surface area contributed by atoms with E-state index in [0.717, 1.165) is 6.42 Å². The third-order valence-corrected chi connectivity index (χ3v) is 3.00. The summed E-state index contributed by atoms with van der Waals surface area (Å²) in [6.45, 7) is 4.29. The summed E-state index contributed by atoms with van der Waals surface area (Å²) in [5, 5.41) is 20.7. The Hall–Kier alpha value is -2.14. The van der Waals surface area contributed by atoms with Crippen LogP contribution in [0.15, 0.2) is 40.8 Å². The Morgan fingerprint density at radius 3 is 2.35 bits per heavy atom. The molecule has 1 N–H and O–H groups in total. The predicted octanol–water partition coefficient (Wildman–Crippen LogP) is 3.47. The van der Waals surface area contributed by atoms with Gasteiger partial charge in [0.05, 0.1) is 6.07 Å². The fourth-order valence-corrected chi connectivity index (χ4v) is 2.06. The van der Waals surface area contributed by atoms with Gasteiger partial charge in [-0.15, -0.1) is 0 Å². The van der Waals surface area contributed by atoms with Crippen LogP contribution < -0.4 is 0 Å². The van der Waals surface area contributed by atoms with Gasteiger partial charge < -0.3 is 9.52 Å². The minimum Gasteiger partial charge on any atom is -0.403 e. The van der Waals surface area contributed by atoms with Gasteiger partial charge in [0.2, 0.25) is 0 Å². The van der Waals surface area contributed by atoms with Crippen molar-refractivity contribution in [3.05, 3.63) is 63.4 Å². The summed E-state index contributed by atoms with van der Waals surface area (Å²) in [4.78, 5) is 9.93. The Labute approximate surface area is 117 Å². The maximum absolute atomic E-state index is 10.6. The van der Waals surface area contributed by atoms with Crippen LogP contribution in [0.3, 0.4) is 0 Å². The molecule has 1 aromatic heterocycles. The standard InChI is InChI=1S/C15H17NO4/c1-10(2)9-11-3-5-12(6-4-11)15(17)13-7-8-14(20-13)16(18)19/h3-8,10,15,17H,9H2,1-2H3. The Balaban J connectivity index is 2.15. The maximum atomic E-state index is 10.6. The van der Waals surface area contributed by atoms with Gasteiger partial charge in [0.15, 0.2) is 0 Å². The van der Waals surface area contributed by atoms with Gasteiger partial charge >= 0.3 is 5.88 Å². The highest BCUT2D eigenvalue weighted by Crippen LogP contribution is 2.27. The van der Waals surface area contributed by atoms with Gasteiger partial charge in [-0.3, -0.25) is 10.1 Å². The van der Waals surface area contributed by atoms with E-state index in [1.807, 2.05) is 24.3 Å². The first kappa shape index (κ1) is 14.3. The quantitative estimate of drug-likeness (QED) is 0.669. The zero-order valence-electron chi connectivity index (χ0n) is 11.4. The van der Waals surface area contributed by atoms with Crippen LogP contribution in [0.25, 0.3) is 0 Å². The van der Waals surface area contributed by atoms with Crippen molar-refractivity contribution < 1.29 is 14.4 Å². The minimum absolute atomic E-state index is 0.174. The summed E-state index contributed by atoms with van der Waals surface area (Å²) in [6.07, 6.45) is -0.0143. The number of benzene rings is 1. The fourth-order valence-electron chi connectivity index (χ4n) is 2.06. The summed E-state index contributed by atoms with van der Waals surface area (Å²) in [5.74, 6) is 0.377. The lowest BCUT2D eigenvalue weighted by atomic mass is 10.00. The Morgan fingerprint density at radius 1 is 1.20 bits per heavy atom. The van der Waals surface area contributed by atoms with E-state index in [0.29, 0.717) is 11.5 Å². The van der Waals surface area contributed by atoms with Crippen LogP contribution in [0.4, 0.5) is 5.88 Å². The number of hydrogen-bond donors (Lipinski definition) is 1. The molecule has 2 rings (SSSR count). The summed E-state index contributed by atoms with van der Waals surface area (Å²) in [7, 11) is 0. The van der Waals surface area contributed by atoms with Crippen molar-refractivity contribution in [3.8, 4) is 0 Å². The van der Waals surface area contributed by atoms with Gasteiger partial charge in [0.1, 0.15) is 16.8 Å². The van der Waals surface area contributed by atoms with E-state index in [9.17, 15) is 15.2 Å². The zero-order chi connectivity index (χ0) is 14.7. The van der Waals surface area contributed by atoms with Crippen LogP contribution in [-0.4, -0.2) is 10.0 Å². The van der Waals surface area contributed by atoms with Gasteiger partial charge in [-0.25, -0.2) is 0 Å². The molecular formula is C15H17NO4. The van der Waals surface area contributed by atoms with Crippen LogP contribution in [0.5, 0.6) is 0 Å². The van der Waals surface area contributed by atoms with E-state index >= 15 is 0 Å². The second-order valence-corrected chi connectivity index (χ2v) is 5.18. The van der Waals surface area contributed by atoms with Gasteiger partial charge in [-0.05, 0) is 29.5 Å². The zero-order valence-corrected chi connectivity index (χ0v) is 11.4. The summed E-state index contributed by atoms with van der Waals surface area (Å²) < 4.78 is 5.01. The van der Waals surface area contributed by atoms with Gasteiger partial charge in [-0.1, -0.05) is 38.1 Å². The van der Waals surface area contributed by atoms with Crippen LogP contribution in [-0.2, 0) is 6.42 Å². The lowest BCUT2D eigenvalue weighted by Gasteiger charge is -2.10. The second kappa shape index (κ2) is 5.88.